The maximum atomic E-state index is 4.93. The molecule has 0 aliphatic rings. The second-order valence-electron chi connectivity index (χ2n) is 1.92. The van der Waals surface area contributed by atoms with Gasteiger partial charge in [-0.05, 0) is 5.56 Å². The summed E-state index contributed by atoms with van der Waals surface area (Å²) < 4.78 is 4.93. The molecular formula is C8H11FO. The fourth-order valence-electron chi connectivity index (χ4n) is 0.741. The molecule has 0 spiro atoms. The molecule has 0 N–H and O–H groups in total. The molecule has 1 aromatic carbocycles. The van der Waals surface area contributed by atoms with Crippen LogP contribution >= 0.6 is 0 Å². The van der Waals surface area contributed by atoms with Crippen LogP contribution in [0.1, 0.15) is 5.56 Å². The molecule has 0 bridgehead atoms. The van der Waals surface area contributed by atoms with Crippen molar-refractivity contribution < 1.29 is 9.44 Å². The summed E-state index contributed by atoms with van der Waals surface area (Å²) in [6.45, 7) is 0.709. The first-order valence-corrected chi connectivity index (χ1v) is 2.96. The Hall–Kier alpha value is -0.890. The highest BCUT2D eigenvalue weighted by Gasteiger charge is 1.84. The summed E-state index contributed by atoms with van der Waals surface area (Å²) in [5.74, 6) is 0. The SMILES string of the molecule is COCc1ccccc1.F. The van der Waals surface area contributed by atoms with Gasteiger partial charge in [0.2, 0.25) is 0 Å². The number of ether oxygens (including phenoxy) is 1. The van der Waals surface area contributed by atoms with Crippen LogP contribution in [-0.2, 0) is 11.3 Å². The third-order valence-corrected chi connectivity index (χ3v) is 1.15. The Morgan fingerprint density at radius 3 is 2.30 bits per heavy atom. The Bertz CT molecular complexity index is 162. The van der Waals surface area contributed by atoms with E-state index in [1.807, 2.05) is 30.3 Å². The highest BCUT2D eigenvalue weighted by molar-refractivity contribution is 5.13. The number of methoxy groups -OCH3 is 1. The van der Waals surface area contributed by atoms with Crippen LogP contribution in [0, 0.1) is 0 Å². The summed E-state index contributed by atoms with van der Waals surface area (Å²) in [6.07, 6.45) is 0. The second-order valence-corrected chi connectivity index (χ2v) is 1.92. The van der Waals surface area contributed by atoms with Gasteiger partial charge in [-0.2, -0.15) is 0 Å². The maximum absolute atomic E-state index is 4.93. The van der Waals surface area contributed by atoms with Gasteiger partial charge in [0.25, 0.3) is 0 Å². The molecule has 0 fully saturated rings. The molecule has 1 rings (SSSR count). The lowest BCUT2D eigenvalue weighted by Gasteiger charge is -1.95. The van der Waals surface area contributed by atoms with E-state index in [1.54, 1.807) is 7.11 Å². The van der Waals surface area contributed by atoms with E-state index >= 15 is 0 Å². The van der Waals surface area contributed by atoms with E-state index in [4.69, 9.17) is 4.74 Å². The van der Waals surface area contributed by atoms with E-state index in [2.05, 4.69) is 0 Å². The van der Waals surface area contributed by atoms with Crippen LogP contribution in [0.5, 0.6) is 0 Å². The minimum absolute atomic E-state index is 0. The average molecular weight is 142 g/mol. The van der Waals surface area contributed by atoms with Crippen LogP contribution in [-0.4, -0.2) is 7.11 Å². The monoisotopic (exact) mass is 142 g/mol. The van der Waals surface area contributed by atoms with E-state index in [-0.39, 0.29) is 4.70 Å². The van der Waals surface area contributed by atoms with Crippen LogP contribution in [0.4, 0.5) is 4.70 Å². The lowest BCUT2D eigenvalue weighted by molar-refractivity contribution is 0.185. The maximum Gasteiger partial charge on any atom is 0.0713 e. The standard InChI is InChI=1S/C8H10O.FH/c1-9-7-8-5-3-2-4-6-8;/h2-6H,7H2,1H3;1H. The Labute approximate surface area is 60.0 Å². The van der Waals surface area contributed by atoms with Crippen molar-refractivity contribution in [3.63, 3.8) is 0 Å². The minimum Gasteiger partial charge on any atom is -0.380 e. The first kappa shape index (κ1) is 9.11. The van der Waals surface area contributed by atoms with Crippen LogP contribution in [0.15, 0.2) is 30.3 Å². The highest BCUT2D eigenvalue weighted by atomic mass is 19.0. The fraction of sp³-hybridized carbons (Fsp3) is 0.250. The van der Waals surface area contributed by atoms with Crippen molar-refractivity contribution in [2.45, 2.75) is 6.61 Å². The molecular weight excluding hydrogens is 131 g/mol. The Morgan fingerprint density at radius 1 is 1.20 bits per heavy atom. The van der Waals surface area contributed by atoms with Gasteiger partial charge in [0.15, 0.2) is 0 Å². The zero-order chi connectivity index (χ0) is 6.53. The summed E-state index contributed by atoms with van der Waals surface area (Å²) >= 11 is 0. The van der Waals surface area contributed by atoms with Crippen molar-refractivity contribution in [1.29, 1.82) is 0 Å². The van der Waals surface area contributed by atoms with Crippen LogP contribution in [0.25, 0.3) is 0 Å². The molecule has 1 aromatic rings. The summed E-state index contributed by atoms with van der Waals surface area (Å²) in [7, 11) is 1.70. The number of halogens is 1. The fourth-order valence-corrected chi connectivity index (χ4v) is 0.741. The van der Waals surface area contributed by atoms with Gasteiger partial charge in [-0.25, -0.2) is 0 Å². The zero-order valence-corrected chi connectivity index (χ0v) is 5.91. The van der Waals surface area contributed by atoms with Crippen molar-refractivity contribution in [2.75, 3.05) is 7.11 Å². The van der Waals surface area contributed by atoms with E-state index in [9.17, 15) is 0 Å². The smallest absolute Gasteiger partial charge is 0.0713 e. The van der Waals surface area contributed by atoms with Gasteiger partial charge in [-0.15, -0.1) is 0 Å². The molecule has 10 heavy (non-hydrogen) atoms. The Kier molecular flexibility index (Phi) is 4.50. The van der Waals surface area contributed by atoms with Gasteiger partial charge in [0, 0.05) is 7.11 Å². The molecule has 1 nitrogen and oxygen atoms in total. The van der Waals surface area contributed by atoms with Crippen LogP contribution in [0.3, 0.4) is 0 Å². The molecule has 0 unspecified atom stereocenters. The molecule has 0 aromatic heterocycles. The Morgan fingerprint density at radius 2 is 1.80 bits per heavy atom. The summed E-state index contributed by atoms with van der Waals surface area (Å²) in [5, 5.41) is 0. The molecule has 0 aliphatic heterocycles. The van der Waals surface area contributed by atoms with Gasteiger partial charge in [0.1, 0.15) is 0 Å². The molecule has 0 radical (unpaired) electrons. The first-order valence-electron chi connectivity index (χ1n) is 2.96. The predicted molar refractivity (Wildman–Crippen MR) is 39.7 cm³/mol. The van der Waals surface area contributed by atoms with Crippen molar-refractivity contribution in [2.24, 2.45) is 0 Å². The number of rotatable bonds is 2. The summed E-state index contributed by atoms with van der Waals surface area (Å²) in [6, 6.07) is 10.1. The first-order chi connectivity index (χ1) is 4.43. The average Bonchev–Trinajstić information content (AvgIpc) is 1.91. The Balaban J connectivity index is 0.000000810. The largest absolute Gasteiger partial charge is 0.380 e. The molecule has 0 atom stereocenters. The number of hydrogen-bond donors (Lipinski definition) is 0. The van der Waals surface area contributed by atoms with Gasteiger partial charge >= 0.3 is 0 Å². The quantitative estimate of drug-likeness (QED) is 0.613. The van der Waals surface area contributed by atoms with Gasteiger partial charge in [-0.3, -0.25) is 4.70 Å². The third kappa shape index (κ3) is 2.60. The van der Waals surface area contributed by atoms with Crippen LogP contribution < -0.4 is 0 Å². The topological polar surface area (TPSA) is 9.23 Å². The summed E-state index contributed by atoms with van der Waals surface area (Å²) in [5.41, 5.74) is 1.22. The highest BCUT2D eigenvalue weighted by Crippen LogP contribution is 1.98. The second kappa shape index (κ2) is 4.94. The predicted octanol–water partition coefficient (Wildman–Crippen LogP) is 1.99. The van der Waals surface area contributed by atoms with E-state index < -0.39 is 0 Å². The van der Waals surface area contributed by atoms with E-state index in [0.717, 1.165) is 0 Å². The molecule has 0 amide bonds. The van der Waals surface area contributed by atoms with Gasteiger partial charge < -0.3 is 4.74 Å². The van der Waals surface area contributed by atoms with Gasteiger partial charge in [0.05, 0.1) is 6.61 Å². The minimum atomic E-state index is 0. The third-order valence-electron chi connectivity index (χ3n) is 1.15. The molecule has 0 aliphatic carbocycles. The number of hydrogen-bond acceptors (Lipinski definition) is 1. The molecule has 56 valence electrons. The van der Waals surface area contributed by atoms with E-state index in [0.29, 0.717) is 6.61 Å². The van der Waals surface area contributed by atoms with Crippen LogP contribution in [0.2, 0.25) is 0 Å². The normalized spacial score (nSPS) is 8.50. The molecule has 0 heterocycles. The van der Waals surface area contributed by atoms with Gasteiger partial charge in [-0.1, -0.05) is 30.3 Å². The lowest BCUT2D eigenvalue weighted by atomic mass is 10.2. The van der Waals surface area contributed by atoms with Crippen molar-refractivity contribution >= 4 is 0 Å². The molecule has 2 heteroatoms. The lowest BCUT2D eigenvalue weighted by Crippen LogP contribution is -1.84. The van der Waals surface area contributed by atoms with E-state index in [1.165, 1.54) is 5.56 Å². The van der Waals surface area contributed by atoms with Crippen molar-refractivity contribution in [1.82, 2.24) is 0 Å². The molecule has 0 saturated heterocycles. The summed E-state index contributed by atoms with van der Waals surface area (Å²) in [4.78, 5) is 0. The molecule has 0 saturated carbocycles. The van der Waals surface area contributed by atoms with Crippen molar-refractivity contribution in [3.8, 4) is 0 Å². The van der Waals surface area contributed by atoms with Crippen molar-refractivity contribution in [3.05, 3.63) is 35.9 Å². The number of benzene rings is 1. The zero-order valence-electron chi connectivity index (χ0n) is 5.91.